The van der Waals surface area contributed by atoms with Crippen LogP contribution in [0.2, 0.25) is 0 Å². The predicted octanol–water partition coefficient (Wildman–Crippen LogP) is 0.0124. The molecule has 2 aromatic carbocycles. The van der Waals surface area contributed by atoms with E-state index in [2.05, 4.69) is 19.9 Å². The topological polar surface area (TPSA) is 189 Å². The first-order valence-corrected chi connectivity index (χ1v) is 9.04. The number of aromatic nitrogens is 4. The average molecular weight is 521 g/mol. The summed E-state index contributed by atoms with van der Waals surface area (Å²) in [6.07, 6.45) is 10.2. The third-order valence-corrected chi connectivity index (χ3v) is 3.46. The van der Waals surface area contributed by atoms with Crippen molar-refractivity contribution < 1.29 is 51.8 Å². The van der Waals surface area contributed by atoms with E-state index in [4.69, 9.17) is 9.47 Å². The third kappa shape index (κ3) is 14.0. The molecule has 0 aliphatic rings. The van der Waals surface area contributed by atoms with Crippen LogP contribution in [0.3, 0.4) is 0 Å². The zero-order valence-corrected chi connectivity index (χ0v) is 19.2. The molecule has 0 fully saturated rings. The fourth-order valence-electron chi connectivity index (χ4n) is 1.88. The number of benzene rings is 2. The van der Waals surface area contributed by atoms with E-state index >= 15 is 0 Å². The number of imidazole rings is 2. The molecule has 0 bridgehead atoms. The molecule has 0 amide bonds. The number of nitrogens with zero attached hydrogens (tertiary/aromatic N) is 2. The van der Waals surface area contributed by atoms with Crippen LogP contribution in [-0.2, 0) is 22.5 Å². The van der Waals surface area contributed by atoms with Gasteiger partial charge in [0.25, 0.3) is 0 Å². The number of hydrogen-bond donors (Lipinski definition) is 2. The number of methoxy groups -OCH3 is 2. The number of H-pyrrole nitrogens is 2. The summed E-state index contributed by atoms with van der Waals surface area (Å²) in [5, 5.41) is 20.5. The number of carboxylic acid groups (broad SMARTS) is 2. The fourth-order valence-corrected chi connectivity index (χ4v) is 1.88. The van der Waals surface area contributed by atoms with Crippen LogP contribution in [-0.4, -0.2) is 46.1 Å². The molecule has 0 aliphatic heterocycles. The van der Waals surface area contributed by atoms with E-state index in [1.165, 1.54) is 38.5 Å². The van der Waals surface area contributed by atoms with Crippen molar-refractivity contribution in [1.29, 1.82) is 0 Å². The molecule has 5 N–H and O–H groups in total. The van der Waals surface area contributed by atoms with Gasteiger partial charge in [-0.2, -0.15) is 0 Å². The Morgan fingerprint density at radius 1 is 0.706 bits per heavy atom. The zero-order chi connectivity index (χ0) is 23.6. The van der Waals surface area contributed by atoms with Gasteiger partial charge in [0.1, 0.15) is 11.5 Å². The van der Waals surface area contributed by atoms with Crippen LogP contribution in [0, 0.1) is 0 Å². The van der Waals surface area contributed by atoms with Crippen LogP contribution < -0.4 is 19.7 Å². The Labute approximate surface area is 206 Å². The Hall–Kier alpha value is -4.12. The molecule has 0 unspecified atom stereocenters. The number of nitrogens with one attached hydrogen (secondary N) is 2. The molecule has 4 aromatic rings. The second-order valence-corrected chi connectivity index (χ2v) is 5.55. The molecule has 0 saturated heterocycles. The number of rotatable bonds is 4. The Balaban J connectivity index is 0. The van der Waals surface area contributed by atoms with Gasteiger partial charge >= 0.3 is 17.1 Å². The fraction of sp³-hybridized carbons (Fsp3) is 0.0909. The summed E-state index contributed by atoms with van der Waals surface area (Å²) in [5.74, 6) is -1.08. The van der Waals surface area contributed by atoms with E-state index in [9.17, 15) is 19.8 Å². The molecular weight excluding hydrogens is 496 g/mol. The number of hydrogen-bond acceptors (Lipinski definition) is 8. The molecule has 11 nitrogen and oxygen atoms in total. The Morgan fingerprint density at radius 3 is 1.18 bits per heavy atom. The summed E-state index contributed by atoms with van der Waals surface area (Å²) >= 11 is 0. The first kappa shape index (κ1) is 32.1. The van der Waals surface area contributed by atoms with Gasteiger partial charge in [-0.05, 0) is 59.7 Å². The standard InChI is InChI=1S/2C8H8O3.2C3H4N2.Cu.H2O/c2*1-11-7-4-2-6(3-5-7)8(9)10;2*1-2-5-3-4-1;;/h2*2-5H,1H3,(H,9,10);2*1-3H,(H,4,5);;1H2/q;;;;+2;/p-1. The summed E-state index contributed by atoms with van der Waals surface area (Å²) < 4.78 is 9.67. The van der Waals surface area contributed by atoms with Crippen LogP contribution in [0.1, 0.15) is 20.7 Å². The monoisotopic (exact) mass is 520 g/mol. The normalized spacial score (nSPS) is 8.29. The quantitative estimate of drug-likeness (QED) is 0.278. The van der Waals surface area contributed by atoms with Gasteiger partial charge in [-0.15, -0.1) is 0 Å². The molecule has 1 radical (unpaired) electrons. The maximum atomic E-state index is 10.2. The van der Waals surface area contributed by atoms with Crippen LogP contribution in [0.25, 0.3) is 0 Å². The van der Waals surface area contributed by atoms with E-state index in [0.29, 0.717) is 11.5 Å². The Bertz CT molecular complexity index is 877. The van der Waals surface area contributed by atoms with Gasteiger partial charge in [0, 0.05) is 24.8 Å². The van der Waals surface area contributed by atoms with E-state index < -0.39 is 11.9 Å². The summed E-state index contributed by atoms with van der Waals surface area (Å²) in [7, 11) is 3.04. The summed E-state index contributed by atoms with van der Waals surface area (Å²) in [6.45, 7) is 0. The van der Waals surface area contributed by atoms with Crippen LogP contribution in [0.4, 0.5) is 0 Å². The molecule has 34 heavy (non-hydrogen) atoms. The first-order chi connectivity index (χ1) is 15.5. The smallest absolute Gasteiger partial charge is 0.545 e. The average Bonchev–Trinajstić information content (AvgIpc) is 3.59. The van der Waals surface area contributed by atoms with Crippen LogP contribution in [0.5, 0.6) is 11.5 Å². The molecule has 4 rings (SSSR count). The van der Waals surface area contributed by atoms with Crippen LogP contribution >= 0.6 is 0 Å². The van der Waals surface area contributed by atoms with Crippen molar-refractivity contribution >= 4 is 11.9 Å². The van der Waals surface area contributed by atoms with Crippen molar-refractivity contribution in [1.82, 2.24) is 19.9 Å². The van der Waals surface area contributed by atoms with Crippen molar-refractivity contribution in [3.63, 3.8) is 0 Å². The SMILES string of the molecule is COc1ccc(C(=O)[O-])cc1.COc1ccc(C(=O)[O-])cc1.[Cu+2].[OH3+].c1c[nH]cn1.c1c[nH]cn1. The van der Waals surface area contributed by atoms with Gasteiger partial charge in [-0.1, -0.05) is 0 Å². The maximum absolute atomic E-state index is 10.2. The minimum Gasteiger partial charge on any atom is -0.545 e. The van der Waals surface area contributed by atoms with Gasteiger partial charge in [0.15, 0.2) is 0 Å². The van der Waals surface area contributed by atoms with E-state index in [-0.39, 0.29) is 33.7 Å². The van der Waals surface area contributed by atoms with Crippen molar-refractivity contribution in [3.8, 4) is 11.5 Å². The third-order valence-electron chi connectivity index (χ3n) is 3.46. The molecule has 12 heteroatoms. The van der Waals surface area contributed by atoms with Gasteiger partial charge in [-0.3, -0.25) is 0 Å². The van der Waals surface area contributed by atoms with E-state index in [0.717, 1.165) is 0 Å². The van der Waals surface area contributed by atoms with E-state index in [1.807, 2.05) is 0 Å². The van der Waals surface area contributed by atoms with Gasteiger partial charge < -0.3 is 44.7 Å². The number of carbonyl (C=O) groups is 2. The number of aromatic amines is 2. The minimum absolute atomic E-state index is 0. The van der Waals surface area contributed by atoms with Gasteiger partial charge in [-0.25, -0.2) is 9.97 Å². The second kappa shape index (κ2) is 19.6. The number of carboxylic acids is 2. The van der Waals surface area contributed by atoms with Crippen molar-refractivity contribution in [3.05, 3.63) is 97.1 Å². The molecule has 0 atom stereocenters. The largest absolute Gasteiger partial charge is 2.00 e. The Morgan fingerprint density at radius 2 is 1.03 bits per heavy atom. The van der Waals surface area contributed by atoms with Crippen molar-refractivity contribution in [2.24, 2.45) is 0 Å². The molecule has 0 saturated carbocycles. The van der Waals surface area contributed by atoms with E-state index in [1.54, 1.807) is 61.7 Å². The molecule has 2 aromatic heterocycles. The number of aromatic carboxylic acids is 2. The number of carbonyl (C=O) groups excluding carboxylic acids is 2. The zero-order valence-electron chi connectivity index (χ0n) is 18.3. The summed E-state index contributed by atoms with van der Waals surface area (Å²) in [6, 6.07) is 12.1. The molecular formula is C22H25CuN4O7+. The van der Waals surface area contributed by atoms with Gasteiger partial charge in [0.2, 0.25) is 0 Å². The van der Waals surface area contributed by atoms with Crippen molar-refractivity contribution in [2.45, 2.75) is 0 Å². The molecule has 0 spiro atoms. The van der Waals surface area contributed by atoms with Crippen molar-refractivity contribution in [2.75, 3.05) is 14.2 Å². The molecule has 185 valence electrons. The summed E-state index contributed by atoms with van der Waals surface area (Å²) in [4.78, 5) is 33.3. The second-order valence-electron chi connectivity index (χ2n) is 5.55. The number of ether oxygens (including phenoxy) is 2. The first-order valence-electron chi connectivity index (χ1n) is 9.04. The Kier molecular flexibility index (Phi) is 18.4. The predicted molar refractivity (Wildman–Crippen MR) is 117 cm³/mol. The molecule has 0 aliphatic carbocycles. The maximum Gasteiger partial charge on any atom is 2.00 e. The van der Waals surface area contributed by atoms with Gasteiger partial charge in [0.05, 0.1) is 38.8 Å². The summed E-state index contributed by atoms with van der Waals surface area (Å²) in [5.41, 5.74) is 0.316. The van der Waals surface area contributed by atoms with Crippen LogP contribution in [0.15, 0.2) is 86.0 Å². The molecule has 2 heterocycles. The minimum atomic E-state index is -1.17.